The lowest BCUT2D eigenvalue weighted by Gasteiger charge is -2.17. The van der Waals surface area contributed by atoms with Crippen LogP contribution in [0.3, 0.4) is 0 Å². The molecule has 0 aromatic heterocycles. The molecule has 1 atom stereocenters. The zero-order chi connectivity index (χ0) is 16.1. The summed E-state index contributed by atoms with van der Waals surface area (Å²) in [5, 5.41) is 2.54. The number of rotatable bonds is 5. The van der Waals surface area contributed by atoms with Gasteiger partial charge < -0.3 is 10.1 Å². The van der Waals surface area contributed by atoms with Crippen molar-refractivity contribution in [2.75, 3.05) is 5.32 Å². The number of carbonyl (C=O) groups excluding carboxylic acids is 1. The Morgan fingerprint density at radius 3 is 2.32 bits per heavy atom. The van der Waals surface area contributed by atoms with Crippen molar-refractivity contribution >= 4 is 11.6 Å². The van der Waals surface area contributed by atoms with Crippen molar-refractivity contribution in [3.63, 3.8) is 0 Å². The second kappa shape index (κ2) is 6.98. The summed E-state index contributed by atoms with van der Waals surface area (Å²) < 4.78 is 44.5. The molecule has 0 fully saturated rings. The second-order valence-corrected chi connectivity index (χ2v) is 4.59. The van der Waals surface area contributed by atoms with E-state index in [1.807, 2.05) is 0 Å². The summed E-state index contributed by atoms with van der Waals surface area (Å²) in [7, 11) is 0. The first-order chi connectivity index (χ1) is 10.5. The Hall–Kier alpha value is -2.50. The number of hydrogen-bond acceptors (Lipinski definition) is 2. The van der Waals surface area contributed by atoms with Crippen LogP contribution < -0.4 is 10.1 Å². The van der Waals surface area contributed by atoms with Crippen LogP contribution in [-0.2, 0) is 4.79 Å². The van der Waals surface area contributed by atoms with Gasteiger partial charge in [-0.25, -0.2) is 13.2 Å². The lowest BCUT2D eigenvalue weighted by Crippen LogP contribution is -2.32. The molecule has 2 aromatic carbocycles. The Bertz CT molecular complexity index is 659. The number of nitrogens with one attached hydrogen (secondary N) is 1. The highest BCUT2D eigenvalue weighted by Crippen LogP contribution is 2.20. The highest BCUT2D eigenvalue weighted by Gasteiger charge is 2.20. The number of ether oxygens (including phenoxy) is 1. The van der Waals surface area contributed by atoms with Crippen LogP contribution in [0.15, 0.2) is 42.5 Å². The number of benzene rings is 2. The average molecular weight is 309 g/mol. The number of hydrogen-bond donors (Lipinski definition) is 1. The third-order valence-corrected chi connectivity index (χ3v) is 2.94. The lowest BCUT2D eigenvalue weighted by atomic mass is 10.2. The molecule has 116 valence electrons. The van der Waals surface area contributed by atoms with Crippen molar-refractivity contribution in [2.24, 2.45) is 0 Å². The van der Waals surface area contributed by atoms with Crippen molar-refractivity contribution < 1.29 is 22.7 Å². The third-order valence-electron chi connectivity index (χ3n) is 2.94. The summed E-state index contributed by atoms with van der Waals surface area (Å²) in [5.74, 6) is -2.74. The van der Waals surface area contributed by atoms with Crippen LogP contribution in [0.1, 0.15) is 13.3 Å². The molecule has 2 aromatic rings. The van der Waals surface area contributed by atoms with Crippen molar-refractivity contribution in [1.29, 1.82) is 0 Å². The molecule has 0 aliphatic heterocycles. The predicted octanol–water partition coefficient (Wildman–Crippen LogP) is 3.90. The predicted molar refractivity (Wildman–Crippen MR) is 76.1 cm³/mol. The van der Waals surface area contributed by atoms with Gasteiger partial charge in [0.05, 0.1) is 0 Å². The Kier molecular flexibility index (Phi) is 5.04. The fourth-order valence-corrected chi connectivity index (χ4v) is 1.80. The number of halogens is 3. The smallest absolute Gasteiger partial charge is 0.265 e. The van der Waals surface area contributed by atoms with Crippen molar-refractivity contribution in [3.05, 3.63) is 59.9 Å². The van der Waals surface area contributed by atoms with Crippen molar-refractivity contribution in [3.8, 4) is 5.75 Å². The standard InChI is InChI=1S/C16H14F3NO2/c1-2-14(22-15-8-5-11(18)9-13(15)19)16(21)20-12-6-3-10(17)4-7-12/h3-9,14H,2H2,1H3,(H,20,21). The van der Waals surface area contributed by atoms with Crippen molar-refractivity contribution in [1.82, 2.24) is 0 Å². The van der Waals surface area contributed by atoms with Gasteiger partial charge >= 0.3 is 0 Å². The van der Waals surface area contributed by atoms with E-state index in [4.69, 9.17) is 4.74 Å². The van der Waals surface area contributed by atoms with Gasteiger partial charge in [-0.1, -0.05) is 6.92 Å². The van der Waals surface area contributed by atoms with Crippen LogP contribution >= 0.6 is 0 Å². The van der Waals surface area contributed by atoms with Crippen LogP contribution in [0, 0.1) is 17.5 Å². The molecule has 6 heteroatoms. The molecule has 0 heterocycles. The minimum absolute atomic E-state index is 0.206. The zero-order valence-electron chi connectivity index (χ0n) is 11.8. The molecular weight excluding hydrogens is 295 g/mol. The number of amides is 1. The van der Waals surface area contributed by atoms with Gasteiger partial charge in [0, 0.05) is 11.8 Å². The molecule has 1 N–H and O–H groups in total. The molecule has 0 saturated heterocycles. The van der Waals surface area contributed by atoms with E-state index >= 15 is 0 Å². The average Bonchev–Trinajstić information content (AvgIpc) is 2.49. The van der Waals surface area contributed by atoms with Crippen LogP contribution in [0.5, 0.6) is 5.75 Å². The first-order valence-corrected chi connectivity index (χ1v) is 6.67. The van der Waals surface area contributed by atoms with E-state index in [2.05, 4.69) is 5.32 Å². The highest BCUT2D eigenvalue weighted by atomic mass is 19.1. The van der Waals surface area contributed by atoms with Gasteiger partial charge in [0.15, 0.2) is 17.7 Å². The highest BCUT2D eigenvalue weighted by molar-refractivity contribution is 5.94. The summed E-state index contributed by atoms with van der Waals surface area (Å²) in [6.07, 6.45) is -0.672. The first kappa shape index (κ1) is 15.9. The second-order valence-electron chi connectivity index (χ2n) is 4.59. The van der Waals surface area contributed by atoms with E-state index in [0.29, 0.717) is 11.8 Å². The van der Waals surface area contributed by atoms with Gasteiger partial charge in [-0.15, -0.1) is 0 Å². The van der Waals surface area contributed by atoms with Gasteiger partial charge in [0.25, 0.3) is 5.91 Å². The summed E-state index contributed by atoms with van der Waals surface area (Å²) in [6, 6.07) is 8.06. The Balaban J connectivity index is 2.07. The lowest BCUT2D eigenvalue weighted by molar-refractivity contribution is -0.122. The fraction of sp³-hybridized carbons (Fsp3) is 0.188. The van der Waals surface area contributed by atoms with E-state index in [9.17, 15) is 18.0 Å². The van der Waals surface area contributed by atoms with Crippen LogP contribution in [0.25, 0.3) is 0 Å². The van der Waals surface area contributed by atoms with Crippen LogP contribution in [0.4, 0.5) is 18.9 Å². The van der Waals surface area contributed by atoms with Gasteiger partial charge in [-0.2, -0.15) is 0 Å². The third kappa shape index (κ3) is 4.00. The molecule has 2 rings (SSSR count). The van der Waals surface area contributed by atoms with Crippen LogP contribution in [-0.4, -0.2) is 12.0 Å². The maximum Gasteiger partial charge on any atom is 0.265 e. The molecule has 1 unspecified atom stereocenters. The minimum atomic E-state index is -0.954. The van der Waals surface area contributed by atoms with E-state index in [0.717, 1.165) is 12.1 Å². The Morgan fingerprint density at radius 2 is 1.73 bits per heavy atom. The maximum atomic E-state index is 13.5. The number of carbonyl (C=O) groups is 1. The summed E-state index contributed by atoms with van der Waals surface area (Å²) in [5.41, 5.74) is 0.396. The van der Waals surface area contributed by atoms with Gasteiger partial charge in [-0.3, -0.25) is 4.79 Å². The summed E-state index contributed by atoms with van der Waals surface area (Å²) in [4.78, 5) is 12.1. The number of anilines is 1. The molecule has 0 saturated carbocycles. The molecule has 0 aliphatic carbocycles. The molecular formula is C16H14F3NO2. The Morgan fingerprint density at radius 1 is 1.09 bits per heavy atom. The fourth-order valence-electron chi connectivity index (χ4n) is 1.80. The van der Waals surface area contributed by atoms with Gasteiger partial charge in [0.1, 0.15) is 11.6 Å². The van der Waals surface area contributed by atoms with E-state index in [-0.39, 0.29) is 12.2 Å². The molecule has 0 bridgehead atoms. The largest absolute Gasteiger partial charge is 0.478 e. The van der Waals surface area contributed by atoms with Gasteiger partial charge in [-0.05, 0) is 42.8 Å². The molecule has 22 heavy (non-hydrogen) atoms. The van der Waals surface area contributed by atoms with E-state index in [1.165, 1.54) is 24.3 Å². The van der Waals surface area contributed by atoms with E-state index < -0.39 is 29.5 Å². The molecule has 3 nitrogen and oxygen atoms in total. The zero-order valence-corrected chi connectivity index (χ0v) is 11.8. The molecule has 0 radical (unpaired) electrons. The summed E-state index contributed by atoms with van der Waals surface area (Å²) in [6.45, 7) is 1.69. The minimum Gasteiger partial charge on any atom is -0.478 e. The van der Waals surface area contributed by atoms with Gasteiger partial charge in [0.2, 0.25) is 0 Å². The van der Waals surface area contributed by atoms with Crippen LogP contribution in [0.2, 0.25) is 0 Å². The quantitative estimate of drug-likeness (QED) is 0.909. The van der Waals surface area contributed by atoms with E-state index in [1.54, 1.807) is 6.92 Å². The molecule has 0 aliphatic rings. The molecule has 0 spiro atoms. The monoisotopic (exact) mass is 309 g/mol. The topological polar surface area (TPSA) is 38.3 Å². The SMILES string of the molecule is CCC(Oc1ccc(F)cc1F)C(=O)Nc1ccc(F)cc1. The van der Waals surface area contributed by atoms with Crippen molar-refractivity contribution in [2.45, 2.75) is 19.4 Å². The maximum absolute atomic E-state index is 13.5. The molecule has 1 amide bonds. The Labute approximate surface area is 125 Å². The summed E-state index contributed by atoms with van der Waals surface area (Å²) >= 11 is 0. The first-order valence-electron chi connectivity index (χ1n) is 6.67. The normalized spacial score (nSPS) is 11.8.